The first kappa shape index (κ1) is 81.7. The number of aromatic nitrogens is 3. The number of nitrogens with zero attached hydrogens (tertiary/aromatic N) is 6. The zero-order chi connectivity index (χ0) is 72.5. The van der Waals surface area contributed by atoms with E-state index in [1.54, 1.807) is 76.7 Å². The van der Waals surface area contributed by atoms with Gasteiger partial charge in [-0.3, -0.25) is 58.0 Å². The van der Waals surface area contributed by atoms with Gasteiger partial charge in [0.25, 0.3) is 5.91 Å². The number of carbonyl (C=O) groups is 9. The largest absolute Gasteiger partial charge is 0.490 e. The van der Waals surface area contributed by atoms with E-state index >= 15 is 0 Å². The Labute approximate surface area is 546 Å². The Bertz CT molecular complexity index is 3440. The van der Waals surface area contributed by atoms with E-state index in [0.717, 1.165) is 5.56 Å². The molecule has 0 aliphatic carbocycles. The Morgan fingerprint density at radius 1 is 0.688 bits per heavy atom. The van der Waals surface area contributed by atoms with Crippen LogP contribution in [0.15, 0.2) is 58.6 Å². The van der Waals surface area contributed by atoms with Crippen LogP contribution in [-0.2, 0) is 75.7 Å². The van der Waals surface area contributed by atoms with Gasteiger partial charge in [-0.25, -0.2) is 23.0 Å². The molecule has 1 aliphatic heterocycles. The van der Waals surface area contributed by atoms with Gasteiger partial charge in [-0.05, 0) is 56.0 Å². The number of sulfonamides is 1. The van der Waals surface area contributed by atoms with Crippen molar-refractivity contribution in [2.45, 2.75) is 69.6 Å². The van der Waals surface area contributed by atoms with Crippen molar-refractivity contribution in [1.82, 2.24) is 54.8 Å². The first-order valence-corrected chi connectivity index (χ1v) is 31.6. The summed E-state index contributed by atoms with van der Waals surface area (Å²) in [5.41, 5.74) is 1.46. The number of carboxylic acid groups (broad SMARTS) is 3. The minimum atomic E-state index is -5.08. The summed E-state index contributed by atoms with van der Waals surface area (Å²) in [5.74, 6) is -11.8. The summed E-state index contributed by atoms with van der Waals surface area (Å²) in [7, 11) is -5.05. The summed E-state index contributed by atoms with van der Waals surface area (Å²) in [6, 6.07) is 4.59. The van der Waals surface area contributed by atoms with Gasteiger partial charge in [-0.2, -0.15) is 31.1 Å². The van der Waals surface area contributed by atoms with Crippen LogP contribution in [0.1, 0.15) is 39.0 Å². The summed E-state index contributed by atoms with van der Waals surface area (Å²) in [5, 5.41) is 35.0. The first-order valence-electron chi connectivity index (χ1n) is 28.4. The average molecular weight is 1420 g/mol. The van der Waals surface area contributed by atoms with Crippen LogP contribution in [0.5, 0.6) is 0 Å². The maximum atomic E-state index is 14.0. The van der Waals surface area contributed by atoms with Crippen LogP contribution in [-0.4, -0.2) is 268 Å². The minimum Gasteiger partial charge on any atom is -0.480 e. The molecule has 536 valence electrons. The number of aliphatic carboxylic acids is 3. The second-order valence-electron chi connectivity index (χ2n) is 21.2. The van der Waals surface area contributed by atoms with Crippen LogP contribution < -0.4 is 31.4 Å². The van der Waals surface area contributed by atoms with Crippen molar-refractivity contribution in [1.29, 1.82) is 0 Å². The number of esters is 3. The number of anilines is 1. The highest BCUT2D eigenvalue weighted by molar-refractivity contribution is 8.19. The van der Waals surface area contributed by atoms with E-state index in [-0.39, 0.29) is 102 Å². The normalized spacial score (nSPS) is 14.9. The van der Waals surface area contributed by atoms with Gasteiger partial charge in [-0.15, -0.1) is 0 Å². The molecule has 0 spiro atoms. The standard InChI is InChI=1S/C51H74N12O17S2.2C2HF3O2/c1-33-22-34(2)47(35(3)23-33)82(76,77)58-39(50(71)72)26-55-48(69)38-27-63(41-24-36(8-9-37(41)46(38)68)25-56-51-53-11-12-54-51)13-7-10-52-49(70)40(32-81(73,74)75)57-42(64)28-59-14-16-60(29-43(65)78-4)18-20-62(31-45(67)80-6)21-19-61(17-15-59)30-44(66)79-5;2*3-2(4,5)1(6)7/h8-9,11-12,22-24,27,39-40,58,73-75H,7,10,13-21,25-26,28-32H2,1-6H3,(H,52,70)(H,55,69)(H,57,64)(H,71,72)(H2,53,54,56);2*(H,6,7)/t39-,40-;;/m0../s1. The molecule has 0 radical (unpaired) electrons. The molecule has 96 heavy (non-hydrogen) atoms. The van der Waals surface area contributed by atoms with E-state index in [1.807, 2.05) is 4.90 Å². The molecule has 1 aliphatic rings. The SMILES string of the molecule is COC(=O)CN1CCN(CC(=O)N[C@@H](CS(O)(O)O)C(=O)NCCCn2cc(C(=O)NC[C@H](NS(=O)(=O)c3c(C)cc(C)cc3C)C(=O)O)c(=O)c3ccc(CNc4ncc[nH]4)cc32)CCN(CC(=O)OC)CCN(CC(=O)OC)CC1.O=C(O)C(F)(F)F.O=C(O)C(F)(F)F. The minimum absolute atomic E-state index is 0.0175. The lowest BCUT2D eigenvalue weighted by Crippen LogP contribution is -2.53. The smallest absolute Gasteiger partial charge is 0.480 e. The van der Waals surface area contributed by atoms with E-state index in [1.165, 1.54) is 33.6 Å². The third-order valence-electron chi connectivity index (χ3n) is 13.7. The fraction of sp³-hybridized carbons (Fsp3) is 0.509. The van der Waals surface area contributed by atoms with Gasteiger partial charge in [-0.1, -0.05) is 23.8 Å². The molecule has 12 N–H and O–H groups in total. The van der Waals surface area contributed by atoms with Crippen LogP contribution in [0, 0.1) is 20.8 Å². The van der Waals surface area contributed by atoms with Crippen molar-refractivity contribution in [2.24, 2.45) is 0 Å². The van der Waals surface area contributed by atoms with E-state index in [0.29, 0.717) is 41.2 Å². The second kappa shape index (κ2) is 37.7. The number of carboxylic acids is 3. The predicted molar refractivity (Wildman–Crippen MR) is 328 cm³/mol. The molecule has 3 amide bonds. The molecule has 1 saturated heterocycles. The number of halogens is 6. The molecule has 1 fully saturated rings. The first-order chi connectivity index (χ1) is 44.7. The summed E-state index contributed by atoms with van der Waals surface area (Å²) < 4.78 is 139. The van der Waals surface area contributed by atoms with Crippen molar-refractivity contribution in [2.75, 3.05) is 124 Å². The Kier molecular flexibility index (Phi) is 32.1. The van der Waals surface area contributed by atoms with Crippen molar-refractivity contribution < 1.29 is 121 Å². The number of rotatable bonds is 26. The highest BCUT2D eigenvalue weighted by atomic mass is 32.3. The van der Waals surface area contributed by atoms with E-state index < -0.39 is 122 Å². The maximum Gasteiger partial charge on any atom is 0.490 e. The Balaban J connectivity index is 0.00000154. The lowest BCUT2D eigenvalue weighted by atomic mass is 10.1. The summed E-state index contributed by atoms with van der Waals surface area (Å²) in [6.07, 6.45) is -5.65. The number of imidazole rings is 1. The van der Waals surface area contributed by atoms with Crippen molar-refractivity contribution in [3.05, 3.63) is 87.0 Å². The Hall–Kier alpha value is -8.55. The lowest BCUT2D eigenvalue weighted by molar-refractivity contribution is -0.193. The highest BCUT2D eigenvalue weighted by Crippen LogP contribution is 2.33. The number of fused-ring (bicyclic) bond motifs is 1. The molecule has 0 saturated carbocycles. The van der Waals surface area contributed by atoms with Gasteiger partial charge in [0.15, 0.2) is 5.95 Å². The molecular formula is C55H76F6N12O21S2. The molecule has 5 rings (SSSR count). The summed E-state index contributed by atoms with van der Waals surface area (Å²) in [4.78, 5) is 137. The molecule has 0 unspecified atom stereocenters. The van der Waals surface area contributed by atoms with Gasteiger partial charge < -0.3 is 74.0 Å². The van der Waals surface area contributed by atoms with Crippen molar-refractivity contribution in [3.63, 3.8) is 0 Å². The Morgan fingerprint density at radius 3 is 1.57 bits per heavy atom. The number of pyridine rings is 1. The number of benzene rings is 2. The molecule has 41 heteroatoms. The van der Waals surface area contributed by atoms with Crippen molar-refractivity contribution >= 4 is 91.3 Å². The molecule has 2 atom stereocenters. The number of hydrogen-bond donors (Lipinski definition) is 12. The number of aromatic amines is 1. The number of nitrogens with one attached hydrogen (secondary N) is 6. The lowest BCUT2D eigenvalue weighted by Gasteiger charge is -2.33. The predicted octanol–water partition coefficient (Wildman–Crippen LogP) is 0.645. The zero-order valence-corrected chi connectivity index (χ0v) is 54.2. The van der Waals surface area contributed by atoms with E-state index in [9.17, 15) is 91.9 Å². The third-order valence-corrected chi connectivity index (χ3v) is 16.3. The number of carbonyl (C=O) groups excluding carboxylic acids is 6. The molecule has 0 bridgehead atoms. The zero-order valence-electron chi connectivity index (χ0n) is 52.6. The topological polar surface area (TPSA) is 461 Å². The van der Waals surface area contributed by atoms with Gasteiger partial charge in [0.1, 0.15) is 17.6 Å². The molecular weight excluding hydrogens is 1340 g/mol. The molecule has 4 aromatic rings. The highest BCUT2D eigenvalue weighted by Gasteiger charge is 2.39. The number of methoxy groups -OCH3 is 3. The third kappa shape index (κ3) is 28.4. The van der Waals surface area contributed by atoms with E-state index in [2.05, 4.69) is 36.0 Å². The maximum absolute atomic E-state index is 14.0. The number of aryl methyl sites for hydroxylation is 4. The van der Waals surface area contributed by atoms with Crippen LogP contribution in [0.4, 0.5) is 32.3 Å². The number of amides is 3. The van der Waals surface area contributed by atoms with E-state index in [4.69, 9.17) is 34.0 Å². The van der Waals surface area contributed by atoms with Crippen molar-refractivity contribution in [3.8, 4) is 0 Å². The monoisotopic (exact) mass is 1420 g/mol. The number of hydrogen-bond acceptors (Lipinski definition) is 24. The quantitative estimate of drug-likeness (QED) is 0.0178. The summed E-state index contributed by atoms with van der Waals surface area (Å²) >= 11 is 0. The van der Waals surface area contributed by atoms with Gasteiger partial charge >= 0.3 is 48.2 Å². The summed E-state index contributed by atoms with van der Waals surface area (Å²) in [6.45, 7) is 5.63. The van der Waals surface area contributed by atoms with Crippen LogP contribution in [0.3, 0.4) is 0 Å². The molecule has 2 aromatic carbocycles. The van der Waals surface area contributed by atoms with Crippen LogP contribution in [0.25, 0.3) is 10.9 Å². The van der Waals surface area contributed by atoms with Crippen LogP contribution in [0.2, 0.25) is 0 Å². The van der Waals surface area contributed by atoms with Gasteiger partial charge in [0.05, 0.1) is 74.5 Å². The number of H-pyrrole nitrogens is 1. The van der Waals surface area contributed by atoms with Gasteiger partial charge in [0.2, 0.25) is 27.3 Å². The molecule has 2 aromatic heterocycles. The second-order valence-corrected chi connectivity index (χ2v) is 24.4. The van der Waals surface area contributed by atoms with Gasteiger partial charge in [0, 0.05) is 103 Å². The van der Waals surface area contributed by atoms with Crippen LogP contribution >= 0.6 is 10.9 Å². The number of alkyl halides is 6. The number of ether oxygens (including phenoxy) is 3. The fourth-order valence-corrected chi connectivity index (χ4v) is 11.5. The molecule has 33 nitrogen and oxygen atoms in total. The average Bonchev–Trinajstić information content (AvgIpc) is 0.792. The molecule has 3 heterocycles. The fourth-order valence-electron chi connectivity index (χ4n) is 9.13. The Morgan fingerprint density at radius 2 is 1.16 bits per heavy atom.